The minimum atomic E-state index is -0.0482. The first-order valence-corrected chi connectivity index (χ1v) is 8.97. The van der Waals surface area contributed by atoms with Crippen molar-refractivity contribution in [2.24, 2.45) is 5.92 Å². The van der Waals surface area contributed by atoms with Crippen LogP contribution in [0.15, 0.2) is 36.4 Å². The Balaban J connectivity index is 1.77. The summed E-state index contributed by atoms with van der Waals surface area (Å²) in [6, 6.07) is 11.8. The van der Waals surface area contributed by atoms with E-state index in [1.165, 1.54) is 11.4 Å². The maximum atomic E-state index is 12.9. The van der Waals surface area contributed by atoms with Gasteiger partial charge >= 0.3 is 6.03 Å². The molecular formula is C20H27N3O2. The molecule has 1 aliphatic heterocycles. The van der Waals surface area contributed by atoms with Crippen LogP contribution >= 0.6 is 0 Å². The number of nitrogens with zero attached hydrogens (tertiary/aromatic N) is 2. The zero-order chi connectivity index (χ0) is 18.0. The molecule has 0 aliphatic carbocycles. The van der Waals surface area contributed by atoms with Gasteiger partial charge in [-0.25, -0.2) is 4.79 Å². The average molecular weight is 341 g/mol. The van der Waals surface area contributed by atoms with E-state index in [1.54, 1.807) is 0 Å². The summed E-state index contributed by atoms with van der Waals surface area (Å²) in [7, 11) is 0. The number of amides is 2. The first-order valence-electron chi connectivity index (χ1n) is 8.97. The van der Waals surface area contributed by atoms with Crippen molar-refractivity contribution in [1.29, 1.82) is 0 Å². The third kappa shape index (κ3) is 3.50. The second-order valence-electron chi connectivity index (χ2n) is 6.82. The quantitative estimate of drug-likeness (QED) is 0.893. The van der Waals surface area contributed by atoms with Gasteiger partial charge in [0.25, 0.3) is 0 Å². The third-order valence-corrected chi connectivity index (χ3v) is 4.74. The molecule has 1 aliphatic rings. The molecule has 3 rings (SSSR count). The summed E-state index contributed by atoms with van der Waals surface area (Å²) in [6.45, 7) is 10.6. The largest absolute Gasteiger partial charge is 0.494 e. The summed E-state index contributed by atoms with van der Waals surface area (Å²) in [5.74, 6) is 1.16. The van der Waals surface area contributed by atoms with Crippen molar-refractivity contribution in [2.45, 2.75) is 40.3 Å². The minimum Gasteiger partial charge on any atom is -0.494 e. The monoisotopic (exact) mass is 341 g/mol. The summed E-state index contributed by atoms with van der Waals surface area (Å²) in [5, 5.41) is 3.03. The van der Waals surface area contributed by atoms with Gasteiger partial charge in [-0.15, -0.1) is 0 Å². The fraction of sp³-hybridized carbons (Fsp3) is 0.450. The second-order valence-corrected chi connectivity index (χ2v) is 6.82. The highest BCUT2D eigenvalue weighted by Gasteiger charge is 2.33. The van der Waals surface area contributed by atoms with E-state index in [1.807, 2.05) is 36.1 Å². The van der Waals surface area contributed by atoms with E-state index in [0.717, 1.165) is 18.0 Å². The van der Waals surface area contributed by atoms with Crippen molar-refractivity contribution in [1.82, 2.24) is 9.47 Å². The lowest BCUT2D eigenvalue weighted by Gasteiger charge is -2.39. The van der Waals surface area contributed by atoms with Crippen LogP contribution in [0.5, 0.6) is 5.75 Å². The van der Waals surface area contributed by atoms with Crippen LogP contribution in [0, 0.1) is 12.8 Å². The molecule has 1 atom stereocenters. The molecule has 5 heteroatoms. The number of hydrogen-bond donors (Lipinski definition) is 1. The molecule has 0 saturated carbocycles. The first-order chi connectivity index (χ1) is 12.0. The Morgan fingerprint density at radius 1 is 1.20 bits per heavy atom. The number of aromatic nitrogens is 1. The van der Waals surface area contributed by atoms with Gasteiger partial charge in [0, 0.05) is 30.2 Å². The number of fused-ring (bicyclic) bond motifs is 1. The van der Waals surface area contributed by atoms with E-state index in [-0.39, 0.29) is 12.1 Å². The molecule has 2 heterocycles. The molecule has 2 amide bonds. The molecular weight excluding hydrogens is 314 g/mol. The highest BCUT2D eigenvalue weighted by Crippen LogP contribution is 2.34. The van der Waals surface area contributed by atoms with Crippen LogP contribution in [0.1, 0.15) is 38.2 Å². The zero-order valence-corrected chi connectivity index (χ0v) is 15.5. The van der Waals surface area contributed by atoms with Gasteiger partial charge in [-0.05, 0) is 56.2 Å². The standard InChI is InChI=1S/C20H27N3O2/c1-5-25-17-9-7-16(8-10-17)21-20(24)23-13-12-22-15(4)6-11-18(22)19(23)14(2)3/h6-11,14,19H,5,12-13H2,1-4H3,(H,21,24)/t19-/m1/s1. The molecule has 0 saturated heterocycles. The van der Waals surface area contributed by atoms with Crippen LogP contribution in [-0.2, 0) is 6.54 Å². The molecule has 2 aromatic rings. The second kappa shape index (κ2) is 7.21. The van der Waals surface area contributed by atoms with E-state index >= 15 is 0 Å². The van der Waals surface area contributed by atoms with Gasteiger partial charge in [0.15, 0.2) is 0 Å². The maximum absolute atomic E-state index is 12.9. The van der Waals surface area contributed by atoms with Crippen molar-refractivity contribution in [3.05, 3.63) is 47.8 Å². The van der Waals surface area contributed by atoms with Gasteiger partial charge in [-0.3, -0.25) is 0 Å². The molecule has 5 nitrogen and oxygen atoms in total. The fourth-order valence-electron chi connectivity index (χ4n) is 3.59. The molecule has 0 unspecified atom stereocenters. The number of carbonyl (C=O) groups is 1. The Morgan fingerprint density at radius 2 is 1.92 bits per heavy atom. The van der Waals surface area contributed by atoms with Crippen molar-refractivity contribution >= 4 is 11.7 Å². The van der Waals surface area contributed by atoms with Crippen LogP contribution in [-0.4, -0.2) is 28.6 Å². The normalized spacial score (nSPS) is 16.7. The van der Waals surface area contributed by atoms with Crippen molar-refractivity contribution in [2.75, 3.05) is 18.5 Å². The fourth-order valence-corrected chi connectivity index (χ4v) is 3.59. The van der Waals surface area contributed by atoms with Gasteiger partial charge in [-0.2, -0.15) is 0 Å². The highest BCUT2D eigenvalue weighted by molar-refractivity contribution is 5.89. The first kappa shape index (κ1) is 17.4. The van der Waals surface area contributed by atoms with Crippen molar-refractivity contribution < 1.29 is 9.53 Å². The lowest BCUT2D eigenvalue weighted by Crippen LogP contribution is -2.46. The Labute approximate surface area is 149 Å². The number of urea groups is 1. The van der Waals surface area contributed by atoms with E-state index in [2.05, 4.69) is 42.8 Å². The highest BCUT2D eigenvalue weighted by atomic mass is 16.5. The number of ether oxygens (including phenoxy) is 1. The number of anilines is 1. The third-order valence-electron chi connectivity index (χ3n) is 4.74. The maximum Gasteiger partial charge on any atom is 0.322 e. The number of aryl methyl sites for hydroxylation is 1. The number of nitrogens with one attached hydrogen (secondary N) is 1. The molecule has 0 spiro atoms. The number of benzene rings is 1. The Morgan fingerprint density at radius 3 is 2.56 bits per heavy atom. The van der Waals surface area contributed by atoms with E-state index < -0.39 is 0 Å². The van der Waals surface area contributed by atoms with Crippen molar-refractivity contribution in [3.63, 3.8) is 0 Å². The minimum absolute atomic E-state index is 0.0482. The predicted octanol–water partition coefficient (Wildman–Crippen LogP) is 4.44. The zero-order valence-electron chi connectivity index (χ0n) is 15.5. The van der Waals surface area contributed by atoms with Gasteiger partial charge in [0.1, 0.15) is 5.75 Å². The van der Waals surface area contributed by atoms with Crippen LogP contribution < -0.4 is 10.1 Å². The Hall–Kier alpha value is -2.43. The Bertz CT molecular complexity index is 734. The molecule has 1 aromatic heterocycles. The average Bonchev–Trinajstić information content (AvgIpc) is 2.97. The van der Waals surface area contributed by atoms with Crippen LogP contribution in [0.25, 0.3) is 0 Å². The predicted molar refractivity (Wildman–Crippen MR) is 100 cm³/mol. The number of rotatable bonds is 4. The van der Waals surface area contributed by atoms with Crippen LogP contribution in [0.4, 0.5) is 10.5 Å². The number of hydrogen-bond acceptors (Lipinski definition) is 2. The summed E-state index contributed by atoms with van der Waals surface area (Å²) in [4.78, 5) is 14.8. The van der Waals surface area contributed by atoms with Gasteiger partial charge < -0.3 is 19.5 Å². The lowest BCUT2D eigenvalue weighted by molar-refractivity contribution is 0.143. The molecule has 0 radical (unpaired) electrons. The summed E-state index contributed by atoms with van der Waals surface area (Å²) >= 11 is 0. The van der Waals surface area contributed by atoms with Crippen LogP contribution in [0.3, 0.4) is 0 Å². The van der Waals surface area contributed by atoms with E-state index in [9.17, 15) is 4.79 Å². The molecule has 0 bridgehead atoms. The van der Waals surface area contributed by atoms with Gasteiger partial charge in [0.2, 0.25) is 0 Å². The summed E-state index contributed by atoms with van der Waals surface area (Å²) in [6.07, 6.45) is 0. The SMILES string of the molecule is CCOc1ccc(NC(=O)N2CCn3c(C)ccc3[C@H]2C(C)C)cc1. The molecule has 134 valence electrons. The summed E-state index contributed by atoms with van der Waals surface area (Å²) < 4.78 is 7.77. The smallest absolute Gasteiger partial charge is 0.322 e. The van der Waals surface area contributed by atoms with E-state index in [4.69, 9.17) is 4.74 Å². The lowest BCUT2D eigenvalue weighted by atomic mass is 9.97. The molecule has 1 N–H and O–H groups in total. The Kier molecular flexibility index (Phi) is 5.02. The molecule has 25 heavy (non-hydrogen) atoms. The van der Waals surface area contributed by atoms with Crippen LogP contribution in [0.2, 0.25) is 0 Å². The van der Waals surface area contributed by atoms with Crippen molar-refractivity contribution in [3.8, 4) is 5.75 Å². The van der Waals surface area contributed by atoms with Gasteiger partial charge in [-0.1, -0.05) is 13.8 Å². The summed E-state index contributed by atoms with van der Waals surface area (Å²) in [5.41, 5.74) is 3.26. The number of carbonyl (C=O) groups excluding carboxylic acids is 1. The van der Waals surface area contributed by atoms with E-state index in [0.29, 0.717) is 19.1 Å². The topological polar surface area (TPSA) is 46.5 Å². The van der Waals surface area contributed by atoms with Gasteiger partial charge in [0.05, 0.1) is 12.6 Å². The molecule has 1 aromatic carbocycles. The molecule has 0 fully saturated rings.